The highest BCUT2D eigenvalue weighted by Crippen LogP contribution is 2.31. The van der Waals surface area contributed by atoms with Crippen LogP contribution in [0.5, 0.6) is 5.75 Å². The van der Waals surface area contributed by atoms with Crippen LogP contribution in [0.15, 0.2) is 51.7 Å². The lowest BCUT2D eigenvalue weighted by atomic mass is 10.1. The zero-order valence-electron chi connectivity index (χ0n) is 14.3. The Morgan fingerprint density at radius 2 is 1.72 bits per heavy atom. The summed E-state index contributed by atoms with van der Waals surface area (Å²) < 4.78 is 16.0. The van der Waals surface area contributed by atoms with Crippen LogP contribution in [0.3, 0.4) is 0 Å². The maximum absolute atomic E-state index is 12.9. The van der Waals surface area contributed by atoms with E-state index in [0.717, 1.165) is 11.1 Å². The third-order valence-electron chi connectivity index (χ3n) is 3.80. The highest BCUT2D eigenvalue weighted by atomic mass is 16.6. The summed E-state index contributed by atoms with van der Waals surface area (Å²) in [6, 6.07) is 12.8. The number of benzene rings is 2. The molecule has 1 heterocycles. The first-order chi connectivity index (χ1) is 12.0. The monoisotopic (exact) mass is 338 g/mol. The van der Waals surface area contributed by atoms with Crippen LogP contribution >= 0.6 is 0 Å². The van der Waals surface area contributed by atoms with Gasteiger partial charge in [-0.1, -0.05) is 41.5 Å². The van der Waals surface area contributed by atoms with Crippen molar-refractivity contribution >= 4 is 16.9 Å². The van der Waals surface area contributed by atoms with E-state index in [-0.39, 0.29) is 23.5 Å². The maximum atomic E-state index is 12.9. The molecule has 1 aromatic heterocycles. The van der Waals surface area contributed by atoms with Crippen LogP contribution in [0.4, 0.5) is 0 Å². The van der Waals surface area contributed by atoms with Gasteiger partial charge in [0.05, 0.1) is 5.39 Å². The topological polar surface area (TPSA) is 65.7 Å². The van der Waals surface area contributed by atoms with Crippen LogP contribution in [0.1, 0.15) is 11.1 Å². The highest BCUT2D eigenvalue weighted by Gasteiger charge is 2.20. The number of carbonyl (C=O) groups excluding carboxylic acids is 1. The van der Waals surface area contributed by atoms with E-state index in [2.05, 4.69) is 0 Å². The van der Waals surface area contributed by atoms with Crippen LogP contribution in [-0.4, -0.2) is 19.7 Å². The molecular weight excluding hydrogens is 320 g/mol. The molecule has 0 fully saturated rings. The third kappa shape index (κ3) is 3.46. The smallest absolute Gasteiger partial charge is 0.337 e. The van der Waals surface area contributed by atoms with E-state index < -0.39 is 5.97 Å². The minimum absolute atomic E-state index is 0.121. The summed E-state index contributed by atoms with van der Waals surface area (Å²) in [7, 11) is 1.38. The van der Waals surface area contributed by atoms with E-state index in [1.165, 1.54) is 7.11 Å². The van der Waals surface area contributed by atoms with Crippen LogP contribution < -0.4 is 10.2 Å². The minimum Gasteiger partial charge on any atom is -0.452 e. The predicted molar refractivity (Wildman–Crippen MR) is 94.9 cm³/mol. The highest BCUT2D eigenvalue weighted by molar-refractivity contribution is 5.85. The largest absolute Gasteiger partial charge is 0.452 e. The van der Waals surface area contributed by atoms with Gasteiger partial charge in [0, 0.05) is 12.7 Å². The van der Waals surface area contributed by atoms with Gasteiger partial charge in [-0.3, -0.25) is 4.79 Å². The summed E-state index contributed by atoms with van der Waals surface area (Å²) in [5.41, 5.74) is 2.70. The van der Waals surface area contributed by atoms with Crippen molar-refractivity contribution in [3.05, 3.63) is 63.8 Å². The van der Waals surface area contributed by atoms with Gasteiger partial charge in [0.25, 0.3) is 0 Å². The number of fused-ring (bicyclic) bond motifs is 1. The van der Waals surface area contributed by atoms with Gasteiger partial charge in [-0.2, -0.15) is 0 Å². The Kier molecular flexibility index (Phi) is 4.67. The first-order valence-electron chi connectivity index (χ1n) is 7.83. The molecule has 5 nitrogen and oxygen atoms in total. The summed E-state index contributed by atoms with van der Waals surface area (Å²) >= 11 is 0. The van der Waals surface area contributed by atoms with Crippen LogP contribution in [0, 0.1) is 13.8 Å². The van der Waals surface area contributed by atoms with Crippen molar-refractivity contribution in [2.45, 2.75) is 13.8 Å². The Hall–Kier alpha value is -2.92. The molecule has 5 heteroatoms. The van der Waals surface area contributed by atoms with Crippen LogP contribution in [0.25, 0.3) is 22.3 Å². The molecule has 0 radical (unpaired) electrons. The van der Waals surface area contributed by atoms with Crippen molar-refractivity contribution in [3.8, 4) is 17.1 Å². The SMILES string of the molecule is COCC(=O)Oc1c(-c2ccc(C)cc2)oc2ccc(C)cc2c1=O. The molecule has 0 unspecified atom stereocenters. The van der Waals surface area contributed by atoms with Gasteiger partial charge in [-0.05, 0) is 26.0 Å². The van der Waals surface area contributed by atoms with Crippen molar-refractivity contribution in [2.24, 2.45) is 0 Å². The molecule has 0 saturated heterocycles. The molecule has 128 valence electrons. The van der Waals surface area contributed by atoms with Gasteiger partial charge in [0.15, 0.2) is 5.76 Å². The Morgan fingerprint density at radius 1 is 1.04 bits per heavy atom. The fourth-order valence-corrected chi connectivity index (χ4v) is 2.54. The van der Waals surface area contributed by atoms with E-state index in [1.54, 1.807) is 12.1 Å². The molecule has 0 aliphatic rings. The Balaban J connectivity index is 2.25. The number of hydrogen-bond donors (Lipinski definition) is 0. The molecule has 0 bridgehead atoms. The summed E-state index contributed by atoms with van der Waals surface area (Å²) in [6.45, 7) is 3.59. The first kappa shape index (κ1) is 16.9. The molecule has 0 saturated carbocycles. The lowest BCUT2D eigenvalue weighted by Gasteiger charge is -2.11. The lowest BCUT2D eigenvalue weighted by molar-refractivity contribution is -0.138. The van der Waals surface area contributed by atoms with E-state index in [9.17, 15) is 9.59 Å². The third-order valence-corrected chi connectivity index (χ3v) is 3.80. The Labute approximate surface area is 144 Å². The van der Waals surface area contributed by atoms with E-state index in [4.69, 9.17) is 13.9 Å². The number of carbonyl (C=O) groups is 1. The van der Waals surface area contributed by atoms with E-state index >= 15 is 0 Å². The predicted octanol–water partition coefficient (Wildman–Crippen LogP) is 3.63. The van der Waals surface area contributed by atoms with Gasteiger partial charge >= 0.3 is 5.97 Å². The van der Waals surface area contributed by atoms with Gasteiger partial charge in [0.2, 0.25) is 11.2 Å². The molecule has 2 aromatic carbocycles. The maximum Gasteiger partial charge on any atom is 0.337 e. The lowest BCUT2D eigenvalue weighted by Crippen LogP contribution is -2.19. The normalized spacial score (nSPS) is 10.8. The zero-order chi connectivity index (χ0) is 18.0. The summed E-state index contributed by atoms with van der Waals surface area (Å²) in [4.78, 5) is 24.8. The molecule has 0 aliphatic carbocycles. The van der Waals surface area contributed by atoms with Crippen molar-refractivity contribution in [1.29, 1.82) is 0 Å². The fraction of sp³-hybridized carbons (Fsp3) is 0.200. The molecule has 3 rings (SSSR count). The van der Waals surface area contributed by atoms with Gasteiger partial charge in [0.1, 0.15) is 12.2 Å². The second-order valence-electron chi connectivity index (χ2n) is 5.86. The molecular formula is C20H18O5. The Morgan fingerprint density at radius 3 is 2.40 bits per heavy atom. The summed E-state index contributed by atoms with van der Waals surface area (Å²) in [5, 5.41) is 0.371. The van der Waals surface area contributed by atoms with Crippen molar-refractivity contribution in [2.75, 3.05) is 13.7 Å². The molecule has 25 heavy (non-hydrogen) atoms. The molecule has 0 spiro atoms. The summed E-state index contributed by atoms with van der Waals surface area (Å²) in [6.07, 6.45) is 0. The number of rotatable bonds is 4. The average molecular weight is 338 g/mol. The van der Waals surface area contributed by atoms with Gasteiger partial charge in [-0.15, -0.1) is 0 Å². The van der Waals surface area contributed by atoms with Crippen molar-refractivity contribution < 1.29 is 18.7 Å². The zero-order valence-corrected chi connectivity index (χ0v) is 14.3. The minimum atomic E-state index is -0.657. The Bertz CT molecular complexity index is 983. The molecule has 0 aliphatic heterocycles. The van der Waals surface area contributed by atoms with Crippen LogP contribution in [0.2, 0.25) is 0 Å². The second-order valence-corrected chi connectivity index (χ2v) is 5.86. The second kappa shape index (κ2) is 6.91. The number of hydrogen-bond acceptors (Lipinski definition) is 5. The van der Waals surface area contributed by atoms with Crippen molar-refractivity contribution in [3.63, 3.8) is 0 Å². The number of esters is 1. The quantitative estimate of drug-likeness (QED) is 0.680. The number of aryl methyl sites for hydroxylation is 2. The van der Waals surface area contributed by atoms with Gasteiger partial charge < -0.3 is 13.9 Å². The van der Waals surface area contributed by atoms with E-state index in [0.29, 0.717) is 16.5 Å². The molecule has 0 amide bonds. The summed E-state index contributed by atoms with van der Waals surface area (Å²) in [5.74, 6) is -0.551. The standard InChI is InChI=1S/C20H18O5/c1-12-4-7-14(8-5-12)19-20(25-17(21)11-23-3)18(22)15-10-13(2)6-9-16(15)24-19/h4-10H,11H2,1-3H3. The van der Waals surface area contributed by atoms with Gasteiger partial charge in [-0.25, -0.2) is 4.79 Å². The molecule has 0 N–H and O–H groups in total. The van der Waals surface area contributed by atoms with Crippen molar-refractivity contribution in [1.82, 2.24) is 0 Å². The average Bonchev–Trinajstić information content (AvgIpc) is 2.59. The van der Waals surface area contributed by atoms with Crippen LogP contribution in [-0.2, 0) is 9.53 Å². The molecule has 0 atom stereocenters. The fourth-order valence-electron chi connectivity index (χ4n) is 2.54. The molecule has 3 aromatic rings. The first-order valence-corrected chi connectivity index (χ1v) is 7.83. The number of ether oxygens (including phenoxy) is 2. The number of methoxy groups -OCH3 is 1. The van der Waals surface area contributed by atoms with E-state index in [1.807, 2.05) is 44.2 Å².